The van der Waals surface area contributed by atoms with Gasteiger partial charge in [-0.25, -0.2) is 15.0 Å². The van der Waals surface area contributed by atoms with E-state index in [1.54, 1.807) is 0 Å². The summed E-state index contributed by atoms with van der Waals surface area (Å²) in [6.07, 6.45) is 9.38. The van der Waals surface area contributed by atoms with Gasteiger partial charge in [0.2, 0.25) is 0 Å². The third-order valence-corrected chi connectivity index (χ3v) is 9.35. The molecule has 4 heteroatoms. The molecule has 0 saturated heterocycles. The summed E-state index contributed by atoms with van der Waals surface area (Å²) in [7, 11) is 0. The maximum atomic E-state index is 5.05. The van der Waals surface area contributed by atoms with Gasteiger partial charge in [0.05, 0.1) is 11.0 Å². The van der Waals surface area contributed by atoms with E-state index >= 15 is 0 Å². The van der Waals surface area contributed by atoms with Crippen molar-refractivity contribution in [2.24, 2.45) is 0 Å². The molecule has 1 atom stereocenters. The fourth-order valence-electron chi connectivity index (χ4n) is 6.98. The molecule has 0 aliphatic heterocycles. The van der Waals surface area contributed by atoms with Gasteiger partial charge in [0, 0.05) is 33.5 Å². The predicted molar refractivity (Wildman–Crippen MR) is 202 cm³/mol. The molecular formula is C45H32N4. The van der Waals surface area contributed by atoms with E-state index in [1.807, 2.05) is 18.2 Å². The Hall–Kier alpha value is -6.39. The normalized spacial score (nSPS) is 14.1. The Bertz CT molecular complexity index is 2530. The van der Waals surface area contributed by atoms with Crippen molar-refractivity contribution in [3.63, 3.8) is 0 Å². The topological polar surface area (TPSA) is 43.6 Å². The summed E-state index contributed by atoms with van der Waals surface area (Å²) in [4.78, 5) is 15.0. The van der Waals surface area contributed by atoms with Crippen LogP contribution in [-0.2, 0) is 0 Å². The molecule has 49 heavy (non-hydrogen) atoms. The van der Waals surface area contributed by atoms with E-state index in [-0.39, 0.29) is 5.92 Å². The Morgan fingerprint density at radius 1 is 0.469 bits per heavy atom. The fraction of sp³-hybridized carbons (Fsp3) is 0.0444. The predicted octanol–water partition coefficient (Wildman–Crippen LogP) is 11.2. The number of hydrogen-bond donors (Lipinski definition) is 0. The van der Waals surface area contributed by atoms with E-state index in [2.05, 4.69) is 162 Å². The second-order valence-corrected chi connectivity index (χ2v) is 12.4. The van der Waals surface area contributed by atoms with Crippen molar-refractivity contribution in [1.82, 2.24) is 19.5 Å². The Kier molecular flexibility index (Phi) is 7.25. The summed E-state index contributed by atoms with van der Waals surface area (Å²) in [6, 6.07) is 53.6. The number of benzene rings is 6. The molecule has 1 aliphatic rings. The molecule has 2 heterocycles. The summed E-state index contributed by atoms with van der Waals surface area (Å²) < 4.78 is 2.36. The van der Waals surface area contributed by atoms with Crippen LogP contribution in [0.3, 0.4) is 0 Å². The molecule has 2 aromatic heterocycles. The summed E-state index contributed by atoms with van der Waals surface area (Å²) in [6.45, 7) is 0. The highest BCUT2D eigenvalue weighted by molar-refractivity contribution is 6.10. The number of hydrogen-bond acceptors (Lipinski definition) is 3. The van der Waals surface area contributed by atoms with Crippen molar-refractivity contribution < 1.29 is 0 Å². The highest BCUT2D eigenvalue weighted by atomic mass is 15.0. The maximum Gasteiger partial charge on any atom is 0.163 e. The first-order valence-corrected chi connectivity index (χ1v) is 16.7. The average Bonchev–Trinajstić information content (AvgIpc) is 3.52. The second-order valence-electron chi connectivity index (χ2n) is 12.4. The van der Waals surface area contributed by atoms with Crippen LogP contribution >= 0.6 is 0 Å². The van der Waals surface area contributed by atoms with Crippen molar-refractivity contribution in [2.45, 2.75) is 12.3 Å². The first-order valence-electron chi connectivity index (χ1n) is 16.7. The number of allylic oxidation sites excluding steroid dienone is 4. The monoisotopic (exact) mass is 628 g/mol. The van der Waals surface area contributed by atoms with E-state index < -0.39 is 0 Å². The van der Waals surface area contributed by atoms with Gasteiger partial charge in [-0.3, -0.25) is 0 Å². The van der Waals surface area contributed by atoms with Crippen molar-refractivity contribution in [1.29, 1.82) is 0 Å². The van der Waals surface area contributed by atoms with Crippen LogP contribution in [0.5, 0.6) is 0 Å². The molecule has 0 N–H and O–H groups in total. The van der Waals surface area contributed by atoms with Crippen molar-refractivity contribution >= 4 is 21.8 Å². The number of aromatic nitrogens is 4. The molecule has 4 nitrogen and oxygen atoms in total. The lowest BCUT2D eigenvalue weighted by Gasteiger charge is -2.15. The molecular weight excluding hydrogens is 597 g/mol. The van der Waals surface area contributed by atoms with Gasteiger partial charge in [0.1, 0.15) is 5.82 Å². The Labute approximate surface area is 285 Å². The number of nitrogens with zero attached hydrogens (tertiary/aromatic N) is 4. The van der Waals surface area contributed by atoms with Gasteiger partial charge in [-0.1, -0.05) is 140 Å². The minimum absolute atomic E-state index is 0.112. The number of fused-ring (bicyclic) bond motifs is 3. The SMILES string of the molecule is C1=CCC(c2nc(-c3ccccc3)nc(-c3cccc(-c4ccccc4-c4ccc5c(c4)c4ccccc4n5-c4ccccc4)c3)n2)C=C1. The molecule has 0 amide bonds. The zero-order chi connectivity index (χ0) is 32.6. The maximum absolute atomic E-state index is 5.05. The minimum Gasteiger partial charge on any atom is -0.309 e. The van der Waals surface area contributed by atoms with Crippen LogP contribution in [0.4, 0.5) is 0 Å². The molecule has 1 unspecified atom stereocenters. The summed E-state index contributed by atoms with van der Waals surface area (Å²) in [5, 5.41) is 2.48. The molecule has 0 radical (unpaired) electrons. The molecule has 0 spiro atoms. The van der Waals surface area contributed by atoms with E-state index in [9.17, 15) is 0 Å². The van der Waals surface area contributed by atoms with Gasteiger partial charge in [0.25, 0.3) is 0 Å². The summed E-state index contributed by atoms with van der Waals surface area (Å²) in [5.41, 5.74) is 10.1. The highest BCUT2D eigenvalue weighted by Gasteiger charge is 2.19. The van der Waals surface area contributed by atoms with Gasteiger partial charge >= 0.3 is 0 Å². The fourth-order valence-corrected chi connectivity index (χ4v) is 6.98. The zero-order valence-corrected chi connectivity index (χ0v) is 26.8. The zero-order valence-electron chi connectivity index (χ0n) is 26.8. The van der Waals surface area contributed by atoms with Crippen molar-refractivity contribution in [3.05, 3.63) is 182 Å². The third kappa shape index (κ3) is 5.34. The van der Waals surface area contributed by atoms with Gasteiger partial charge in [-0.15, -0.1) is 0 Å². The Balaban J connectivity index is 1.16. The van der Waals surface area contributed by atoms with E-state index in [4.69, 9.17) is 15.0 Å². The molecule has 6 aromatic carbocycles. The highest BCUT2D eigenvalue weighted by Crippen LogP contribution is 2.39. The van der Waals surface area contributed by atoms with E-state index in [0.29, 0.717) is 11.6 Å². The Morgan fingerprint density at radius 3 is 1.88 bits per heavy atom. The van der Waals surface area contributed by atoms with Crippen LogP contribution < -0.4 is 0 Å². The van der Waals surface area contributed by atoms with Crippen LogP contribution in [0.25, 0.3) is 72.5 Å². The van der Waals surface area contributed by atoms with Crippen molar-refractivity contribution in [3.8, 4) is 50.7 Å². The molecule has 0 saturated carbocycles. The molecule has 9 rings (SSSR count). The smallest absolute Gasteiger partial charge is 0.163 e. The van der Waals surface area contributed by atoms with Gasteiger partial charge in [-0.05, 0) is 65.1 Å². The molecule has 8 aromatic rings. The molecule has 1 aliphatic carbocycles. The minimum atomic E-state index is 0.112. The number of para-hydroxylation sites is 2. The first kappa shape index (κ1) is 28.8. The van der Waals surface area contributed by atoms with E-state index in [0.717, 1.165) is 40.2 Å². The standard InChI is InChI=1S/C45H32N4/c1-4-15-31(16-5-1)43-46-44(32-17-6-2-7-18-32)48-45(47-43)35-20-14-19-33(29-35)37-23-10-11-24-38(37)34-27-28-42-40(30-34)39-25-12-13-26-41(39)49(42)36-21-8-3-9-22-36/h1-17,19-30,32H,18H2. The molecule has 232 valence electrons. The lowest BCUT2D eigenvalue weighted by atomic mass is 9.93. The summed E-state index contributed by atoms with van der Waals surface area (Å²) >= 11 is 0. The van der Waals surface area contributed by atoms with Gasteiger partial charge in [0.15, 0.2) is 11.6 Å². The lowest BCUT2D eigenvalue weighted by molar-refractivity contribution is 0.764. The van der Waals surface area contributed by atoms with Crippen molar-refractivity contribution in [2.75, 3.05) is 0 Å². The third-order valence-electron chi connectivity index (χ3n) is 9.35. The molecule has 0 bridgehead atoms. The largest absolute Gasteiger partial charge is 0.309 e. The second kappa shape index (κ2) is 12.3. The van der Waals surface area contributed by atoms with Crippen LogP contribution in [0.15, 0.2) is 176 Å². The molecule has 0 fully saturated rings. The first-order chi connectivity index (χ1) is 24.3. The van der Waals surface area contributed by atoms with Crippen LogP contribution in [0, 0.1) is 0 Å². The van der Waals surface area contributed by atoms with E-state index in [1.165, 1.54) is 32.9 Å². The number of rotatable bonds is 6. The van der Waals surface area contributed by atoms with Crippen LogP contribution in [0.2, 0.25) is 0 Å². The lowest BCUT2D eigenvalue weighted by Crippen LogP contribution is -2.07. The van der Waals surface area contributed by atoms with Gasteiger partial charge in [-0.2, -0.15) is 0 Å². The quantitative estimate of drug-likeness (QED) is 0.184. The van der Waals surface area contributed by atoms with Gasteiger partial charge < -0.3 is 4.57 Å². The van der Waals surface area contributed by atoms with Crippen LogP contribution in [-0.4, -0.2) is 19.5 Å². The average molecular weight is 629 g/mol. The Morgan fingerprint density at radius 2 is 1.10 bits per heavy atom. The summed E-state index contributed by atoms with van der Waals surface area (Å²) in [5.74, 6) is 2.28. The van der Waals surface area contributed by atoms with Crippen LogP contribution in [0.1, 0.15) is 18.2 Å².